The first-order valence-corrected chi connectivity index (χ1v) is 4.55. The highest BCUT2D eigenvalue weighted by atomic mass is 35.5. The van der Waals surface area contributed by atoms with Crippen molar-refractivity contribution >= 4 is 28.8 Å². The maximum atomic E-state index is 5.79. The van der Waals surface area contributed by atoms with Crippen molar-refractivity contribution in [3.63, 3.8) is 0 Å². The molecule has 70 valence electrons. The van der Waals surface area contributed by atoms with Crippen LogP contribution in [0.5, 0.6) is 5.75 Å². The maximum absolute atomic E-state index is 5.79. The number of hydrogen-bond donors (Lipinski definition) is 1. The number of halogens is 1. The van der Waals surface area contributed by atoms with E-state index in [-0.39, 0.29) is 6.61 Å². The van der Waals surface area contributed by atoms with Crippen LogP contribution in [0.1, 0.15) is 5.56 Å². The number of nitrogens with two attached hydrogens (primary N) is 1. The summed E-state index contributed by atoms with van der Waals surface area (Å²) < 4.78 is 5.33. The molecule has 13 heavy (non-hydrogen) atoms. The Hall–Kier alpha value is -0.800. The topological polar surface area (TPSA) is 35.2 Å². The summed E-state index contributed by atoms with van der Waals surface area (Å²) in [6.45, 7) is 2.18. The fourth-order valence-corrected chi connectivity index (χ4v) is 1.10. The van der Waals surface area contributed by atoms with Crippen molar-refractivity contribution in [2.45, 2.75) is 6.92 Å². The number of benzene rings is 1. The molecule has 0 unspecified atom stereocenters. The lowest BCUT2D eigenvalue weighted by Crippen LogP contribution is -2.18. The lowest BCUT2D eigenvalue weighted by molar-refractivity contribution is 0.375. The van der Waals surface area contributed by atoms with Crippen LogP contribution in [0.4, 0.5) is 0 Å². The van der Waals surface area contributed by atoms with Gasteiger partial charge in [-0.3, -0.25) is 0 Å². The Bertz CT molecular complexity index is 327. The summed E-state index contributed by atoms with van der Waals surface area (Å²) in [5, 5.41) is 0.642. The van der Waals surface area contributed by atoms with Gasteiger partial charge in [-0.1, -0.05) is 29.9 Å². The zero-order chi connectivity index (χ0) is 9.84. The number of hydrogen-bond acceptors (Lipinski definition) is 2. The van der Waals surface area contributed by atoms with Crippen LogP contribution < -0.4 is 10.5 Å². The van der Waals surface area contributed by atoms with E-state index in [0.29, 0.717) is 10.0 Å². The standard InChI is InChI=1S/C9H10ClNOS/c1-6-2-3-7(10)4-8(6)12-5-9(11)13/h2-4H,5H2,1H3,(H2,11,13). The van der Waals surface area contributed by atoms with E-state index in [1.54, 1.807) is 6.07 Å². The molecule has 0 saturated carbocycles. The van der Waals surface area contributed by atoms with E-state index >= 15 is 0 Å². The van der Waals surface area contributed by atoms with Crippen LogP contribution in [-0.2, 0) is 0 Å². The fourth-order valence-electron chi connectivity index (χ4n) is 0.878. The molecule has 0 aliphatic rings. The molecule has 0 aromatic heterocycles. The monoisotopic (exact) mass is 215 g/mol. The van der Waals surface area contributed by atoms with E-state index in [2.05, 4.69) is 0 Å². The van der Waals surface area contributed by atoms with Gasteiger partial charge in [0, 0.05) is 5.02 Å². The molecule has 1 aromatic rings. The van der Waals surface area contributed by atoms with E-state index in [4.69, 9.17) is 34.3 Å². The number of aryl methyl sites for hydroxylation is 1. The van der Waals surface area contributed by atoms with Crippen LogP contribution in [0.25, 0.3) is 0 Å². The van der Waals surface area contributed by atoms with Gasteiger partial charge in [-0.15, -0.1) is 0 Å². The van der Waals surface area contributed by atoms with Gasteiger partial charge in [0.2, 0.25) is 0 Å². The molecule has 0 aliphatic heterocycles. The van der Waals surface area contributed by atoms with Crippen LogP contribution in [0.2, 0.25) is 5.02 Å². The molecule has 0 saturated heterocycles. The summed E-state index contributed by atoms with van der Waals surface area (Å²) in [6, 6.07) is 5.44. The van der Waals surface area contributed by atoms with E-state index in [1.165, 1.54) is 0 Å². The summed E-state index contributed by atoms with van der Waals surface area (Å²) in [5.74, 6) is 0.723. The Morgan fingerprint density at radius 1 is 1.62 bits per heavy atom. The number of rotatable bonds is 3. The molecule has 0 bridgehead atoms. The maximum Gasteiger partial charge on any atom is 0.138 e. The molecular weight excluding hydrogens is 206 g/mol. The molecule has 0 radical (unpaired) electrons. The smallest absolute Gasteiger partial charge is 0.138 e. The third-order valence-corrected chi connectivity index (χ3v) is 1.87. The second-order valence-corrected chi connectivity index (χ2v) is 3.63. The Balaban J connectivity index is 2.75. The third-order valence-electron chi connectivity index (χ3n) is 1.52. The van der Waals surface area contributed by atoms with Gasteiger partial charge < -0.3 is 10.5 Å². The summed E-state index contributed by atoms with van der Waals surface area (Å²) in [5.41, 5.74) is 6.32. The second kappa shape index (κ2) is 4.44. The van der Waals surface area contributed by atoms with Crippen LogP contribution in [0.15, 0.2) is 18.2 Å². The van der Waals surface area contributed by atoms with Crippen molar-refractivity contribution in [2.24, 2.45) is 5.73 Å². The fraction of sp³-hybridized carbons (Fsp3) is 0.222. The third kappa shape index (κ3) is 3.20. The van der Waals surface area contributed by atoms with Crippen LogP contribution in [-0.4, -0.2) is 11.6 Å². The Labute approximate surface area is 87.6 Å². The number of ether oxygens (including phenoxy) is 1. The van der Waals surface area contributed by atoms with Gasteiger partial charge in [0.15, 0.2) is 0 Å². The van der Waals surface area contributed by atoms with E-state index in [9.17, 15) is 0 Å². The highest BCUT2D eigenvalue weighted by molar-refractivity contribution is 7.80. The first-order chi connectivity index (χ1) is 6.09. The van der Waals surface area contributed by atoms with Crippen molar-refractivity contribution in [1.29, 1.82) is 0 Å². The minimum Gasteiger partial charge on any atom is -0.486 e. The zero-order valence-electron chi connectivity index (χ0n) is 7.21. The minimum absolute atomic E-state index is 0.247. The van der Waals surface area contributed by atoms with Crippen LogP contribution in [0, 0.1) is 6.92 Å². The van der Waals surface area contributed by atoms with Crippen LogP contribution in [0.3, 0.4) is 0 Å². The summed E-state index contributed by atoms with van der Waals surface area (Å²) in [6.07, 6.45) is 0. The molecular formula is C9H10ClNOS. The van der Waals surface area contributed by atoms with Gasteiger partial charge in [0.25, 0.3) is 0 Å². The van der Waals surface area contributed by atoms with Crippen molar-refractivity contribution in [3.8, 4) is 5.75 Å². The second-order valence-electron chi connectivity index (χ2n) is 2.66. The average Bonchev–Trinajstić information content (AvgIpc) is 2.06. The first kappa shape index (κ1) is 10.3. The Kier molecular flexibility index (Phi) is 3.51. The van der Waals surface area contributed by atoms with Crippen molar-refractivity contribution in [1.82, 2.24) is 0 Å². The zero-order valence-corrected chi connectivity index (χ0v) is 8.78. The molecule has 0 amide bonds. The number of thiocarbonyl (C=S) groups is 1. The largest absolute Gasteiger partial charge is 0.486 e. The molecule has 0 spiro atoms. The van der Waals surface area contributed by atoms with Gasteiger partial charge in [-0.25, -0.2) is 0 Å². The van der Waals surface area contributed by atoms with Crippen molar-refractivity contribution in [3.05, 3.63) is 28.8 Å². The predicted octanol–water partition coefficient (Wildman–Crippen LogP) is 2.31. The Morgan fingerprint density at radius 3 is 2.92 bits per heavy atom. The molecule has 0 fully saturated rings. The molecule has 1 rings (SSSR count). The van der Waals surface area contributed by atoms with Gasteiger partial charge >= 0.3 is 0 Å². The van der Waals surface area contributed by atoms with Gasteiger partial charge in [0.1, 0.15) is 17.3 Å². The molecule has 0 atom stereocenters. The normalized spacial score (nSPS) is 9.69. The molecule has 4 heteroatoms. The minimum atomic E-state index is 0.247. The van der Waals surface area contributed by atoms with Crippen molar-refractivity contribution < 1.29 is 4.74 Å². The molecule has 1 aromatic carbocycles. The van der Waals surface area contributed by atoms with Gasteiger partial charge in [-0.2, -0.15) is 0 Å². The molecule has 0 heterocycles. The molecule has 2 nitrogen and oxygen atoms in total. The SMILES string of the molecule is Cc1ccc(Cl)cc1OCC(N)=S. The Morgan fingerprint density at radius 2 is 2.31 bits per heavy atom. The van der Waals surface area contributed by atoms with Crippen LogP contribution >= 0.6 is 23.8 Å². The van der Waals surface area contributed by atoms with Gasteiger partial charge in [0.05, 0.1) is 0 Å². The lowest BCUT2D eigenvalue weighted by atomic mass is 10.2. The van der Waals surface area contributed by atoms with Gasteiger partial charge in [-0.05, 0) is 24.6 Å². The van der Waals surface area contributed by atoms with E-state index < -0.39 is 0 Å². The lowest BCUT2D eigenvalue weighted by Gasteiger charge is -2.07. The predicted molar refractivity (Wildman–Crippen MR) is 58.5 cm³/mol. The molecule has 0 aliphatic carbocycles. The summed E-state index contributed by atoms with van der Waals surface area (Å²) in [7, 11) is 0. The van der Waals surface area contributed by atoms with E-state index in [0.717, 1.165) is 11.3 Å². The van der Waals surface area contributed by atoms with E-state index in [1.807, 2.05) is 19.1 Å². The summed E-state index contributed by atoms with van der Waals surface area (Å²) >= 11 is 10.5. The average molecular weight is 216 g/mol. The summed E-state index contributed by atoms with van der Waals surface area (Å²) in [4.78, 5) is 0.333. The molecule has 2 N–H and O–H groups in total. The quantitative estimate of drug-likeness (QED) is 0.786. The van der Waals surface area contributed by atoms with Crippen molar-refractivity contribution in [2.75, 3.05) is 6.61 Å². The first-order valence-electron chi connectivity index (χ1n) is 3.77. The highest BCUT2D eigenvalue weighted by Crippen LogP contribution is 2.22. The highest BCUT2D eigenvalue weighted by Gasteiger charge is 2.00.